The molecule has 0 saturated heterocycles. The van der Waals surface area contributed by atoms with Gasteiger partial charge in [-0.05, 0) is 37.8 Å². The second-order valence-corrected chi connectivity index (χ2v) is 6.14. The van der Waals surface area contributed by atoms with Gasteiger partial charge in [0.1, 0.15) is 5.82 Å². The molecule has 0 aliphatic heterocycles. The van der Waals surface area contributed by atoms with E-state index in [1.54, 1.807) is 0 Å². The smallest absolute Gasteiger partial charge is 0.148 e. The third-order valence-electron chi connectivity index (χ3n) is 3.73. The molecule has 114 valence electrons. The molecule has 4 nitrogen and oxygen atoms in total. The Kier molecular flexibility index (Phi) is 4.56. The van der Waals surface area contributed by atoms with Crippen molar-refractivity contribution < 1.29 is 0 Å². The lowest BCUT2D eigenvalue weighted by molar-refractivity contribution is 0.534. The molecule has 0 amide bonds. The summed E-state index contributed by atoms with van der Waals surface area (Å²) in [5.41, 5.74) is 10.3. The van der Waals surface area contributed by atoms with Crippen LogP contribution in [0.1, 0.15) is 56.5 Å². The number of anilines is 2. The van der Waals surface area contributed by atoms with Crippen LogP contribution in [0.15, 0.2) is 24.3 Å². The first-order valence-corrected chi connectivity index (χ1v) is 7.57. The van der Waals surface area contributed by atoms with Crippen molar-refractivity contribution in [3.8, 4) is 0 Å². The maximum absolute atomic E-state index is 6.12. The van der Waals surface area contributed by atoms with Gasteiger partial charge < -0.3 is 11.1 Å². The van der Waals surface area contributed by atoms with Crippen molar-refractivity contribution in [2.24, 2.45) is 0 Å². The van der Waals surface area contributed by atoms with Crippen molar-refractivity contribution in [2.45, 2.75) is 53.1 Å². The summed E-state index contributed by atoms with van der Waals surface area (Å²) < 4.78 is 1.95. The molecule has 0 saturated carbocycles. The van der Waals surface area contributed by atoms with E-state index in [1.807, 2.05) is 11.6 Å². The normalized spacial score (nSPS) is 11.4. The Balaban J connectivity index is 2.13. The second-order valence-electron chi connectivity index (χ2n) is 6.14. The molecular weight excluding hydrogens is 260 g/mol. The predicted molar refractivity (Wildman–Crippen MR) is 89.6 cm³/mol. The molecule has 0 fully saturated rings. The molecule has 21 heavy (non-hydrogen) atoms. The molecule has 4 heteroatoms. The fourth-order valence-electron chi connectivity index (χ4n) is 2.32. The average molecular weight is 286 g/mol. The van der Waals surface area contributed by atoms with Crippen molar-refractivity contribution >= 4 is 11.5 Å². The third-order valence-corrected chi connectivity index (χ3v) is 3.73. The molecule has 0 unspecified atom stereocenters. The van der Waals surface area contributed by atoms with Crippen LogP contribution < -0.4 is 11.1 Å². The van der Waals surface area contributed by atoms with Gasteiger partial charge in [0.05, 0.1) is 11.4 Å². The monoisotopic (exact) mass is 286 g/mol. The van der Waals surface area contributed by atoms with Crippen LogP contribution in [-0.2, 0) is 6.54 Å². The zero-order valence-electron chi connectivity index (χ0n) is 13.6. The number of hydrogen-bond acceptors (Lipinski definition) is 3. The van der Waals surface area contributed by atoms with Gasteiger partial charge in [0.25, 0.3) is 0 Å². The summed E-state index contributed by atoms with van der Waals surface area (Å²) in [6.07, 6.45) is 0. The Morgan fingerprint density at radius 3 is 2.29 bits per heavy atom. The Labute approximate surface area is 127 Å². The van der Waals surface area contributed by atoms with Crippen LogP contribution in [0.4, 0.5) is 11.5 Å². The molecule has 0 atom stereocenters. The van der Waals surface area contributed by atoms with Crippen LogP contribution in [-0.4, -0.2) is 9.78 Å². The van der Waals surface area contributed by atoms with Gasteiger partial charge in [-0.25, -0.2) is 4.68 Å². The zero-order valence-corrected chi connectivity index (χ0v) is 13.6. The van der Waals surface area contributed by atoms with E-state index in [2.05, 4.69) is 62.4 Å². The standard InChI is InChI=1S/C17H26N4/c1-11(2)15-8-6-14(7-9-15)10-19-17-16(18)13(5)20-21(17)12(3)4/h6-9,11-12,19H,10,18H2,1-5H3. The van der Waals surface area contributed by atoms with E-state index < -0.39 is 0 Å². The van der Waals surface area contributed by atoms with Crippen LogP contribution in [0.2, 0.25) is 0 Å². The lowest BCUT2D eigenvalue weighted by atomic mass is 10.0. The summed E-state index contributed by atoms with van der Waals surface area (Å²) in [5, 5.41) is 7.91. The van der Waals surface area contributed by atoms with Crippen LogP contribution in [0, 0.1) is 6.92 Å². The van der Waals surface area contributed by atoms with Crippen LogP contribution in [0.5, 0.6) is 0 Å². The van der Waals surface area contributed by atoms with Gasteiger partial charge in [-0.1, -0.05) is 38.1 Å². The first-order chi connectivity index (χ1) is 9.90. The molecule has 1 aromatic carbocycles. The van der Waals surface area contributed by atoms with E-state index in [0.717, 1.165) is 23.7 Å². The van der Waals surface area contributed by atoms with Crippen molar-refractivity contribution in [1.82, 2.24) is 9.78 Å². The molecule has 0 radical (unpaired) electrons. The Morgan fingerprint density at radius 1 is 1.14 bits per heavy atom. The molecule has 3 N–H and O–H groups in total. The third kappa shape index (κ3) is 3.38. The van der Waals surface area contributed by atoms with E-state index in [0.29, 0.717) is 5.92 Å². The quantitative estimate of drug-likeness (QED) is 0.870. The number of nitrogens with zero attached hydrogens (tertiary/aromatic N) is 2. The molecule has 0 aliphatic carbocycles. The van der Waals surface area contributed by atoms with Crippen LogP contribution >= 0.6 is 0 Å². The Bertz CT molecular complexity index is 594. The Hall–Kier alpha value is -1.97. The fourth-order valence-corrected chi connectivity index (χ4v) is 2.32. The van der Waals surface area contributed by atoms with Gasteiger partial charge in [-0.15, -0.1) is 0 Å². The highest BCUT2D eigenvalue weighted by molar-refractivity contribution is 5.65. The summed E-state index contributed by atoms with van der Waals surface area (Å²) in [7, 11) is 0. The number of nitrogen functional groups attached to an aromatic ring is 1. The first kappa shape index (κ1) is 15.4. The molecule has 2 aromatic rings. The minimum atomic E-state index is 0.284. The van der Waals surface area contributed by atoms with Gasteiger partial charge in [-0.2, -0.15) is 5.10 Å². The van der Waals surface area contributed by atoms with Gasteiger partial charge in [-0.3, -0.25) is 0 Å². The van der Waals surface area contributed by atoms with E-state index in [4.69, 9.17) is 5.73 Å². The van der Waals surface area contributed by atoms with Gasteiger partial charge in [0, 0.05) is 12.6 Å². The predicted octanol–water partition coefficient (Wildman–Crippen LogP) is 4.09. The SMILES string of the molecule is Cc1nn(C(C)C)c(NCc2ccc(C(C)C)cc2)c1N. The molecule has 0 spiro atoms. The minimum Gasteiger partial charge on any atom is -0.394 e. The summed E-state index contributed by atoms with van der Waals surface area (Å²) in [5.74, 6) is 1.48. The molecule has 2 rings (SSSR count). The molecule has 0 aliphatic rings. The van der Waals surface area contributed by atoms with Crippen LogP contribution in [0.3, 0.4) is 0 Å². The van der Waals surface area contributed by atoms with Crippen molar-refractivity contribution in [2.75, 3.05) is 11.1 Å². The Morgan fingerprint density at radius 2 is 1.76 bits per heavy atom. The number of rotatable bonds is 5. The van der Waals surface area contributed by atoms with Crippen molar-refractivity contribution in [3.05, 3.63) is 41.1 Å². The maximum Gasteiger partial charge on any atom is 0.148 e. The van der Waals surface area contributed by atoms with E-state index in [9.17, 15) is 0 Å². The highest BCUT2D eigenvalue weighted by Crippen LogP contribution is 2.26. The maximum atomic E-state index is 6.12. The highest BCUT2D eigenvalue weighted by Gasteiger charge is 2.14. The zero-order chi connectivity index (χ0) is 15.6. The van der Waals surface area contributed by atoms with Gasteiger partial charge in [0.15, 0.2) is 0 Å². The fraction of sp³-hybridized carbons (Fsp3) is 0.471. The van der Waals surface area contributed by atoms with Gasteiger partial charge >= 0.3 is 0 Å². The minimum absolute atomic E-state index is 0.284. The number of aryl methyl sites for hydroxylation is 1. The molecule has 1 heterocycles. The van der Waals surface area contributed by atoms with Crippen LogP contribution in [0.25, 0.3) is 0 Å². The van der Waals surface area contributed by atoms with Crippen molar-refractivity contribution in [3.63, 3.8) is 0 Å². The number of nitrogens with two attached hydrogens (primary N) is 1. The number of aromatic nitrogens is 2. The number of benzene rings is 1. The summed E-state index contributed by atoms with van der Waals surface area (Å²) >= 11 is 0. The number of hydrogen-bond donors (Lipinski definition) is 2. The summed E-state index contributed by atoms with van der Waals surface area (Å²) in [4.78, 5) is 0. The largest absolute Gasteiger partial charge is 0.394 e. The molecule has 1 aromatic heterocycles. The molecule has 0 bridgehead atoms. The van der Waals surface area contributed by atoms with E-state index >= 15 is 0 Å². The average Bonchev–Trinajstić information content (AvgIpc) is 2.73. The van der Waals surface area contributed by atoms with E-state index in [1.165, 1.54) is 11.1 Å². The topological polar surface area (TPSA) is 55.9 Å². The lowest BCUT2D eigenvalue weighted by Gasteiger charge is -2.14. The highest BCUT2D eigenvalue weighted by atomic mass is 15.4. The lowest BCUT2D eigenvalue weighted by Crippen LogP contribution is -2.11. The number of nitrogens with one attached hydrogen (secondary N) is 1. The van der Waals surface area contributed by atoms with Gasteiger partial charge in [0.2, 0.25) is 0 Å². The van der Waals surface area contributed by atoms with Crippen molar-refractivity contribution in [1.29, 1.82) is 0 Å². The second kappa shape index (κ2) is 6.20. The summed E-state index contributed by atoms with van der Waals surface area (Å²) in [6.45, 7) is 11.3. The molecular formula is C17H26N4. The summed E-state index contributed by atoms with van der Waals surface area (Å²) in [6, 6.07) is 9.00. The van der Waals surface area contributed by atoms with E-state index in [-0.39, 0.29) is 6.04 Å². The first-order valence-electron chi connectivity index (χ1n) is 7.57.